The Morgan fingerprint density at radius 2 is 1.75 bits per heavy atom. The zero-order valence-electron chi connectivity index (χ0n) is 8.54. The van der Waals surface area contributed by atoms with Crippen LogP contribution in [0.4, 0.5) is 5.82 Å². The van der Waals surface area contributed by atoms with Crippen molar-refractivity contribution in [1.82, 2.24) is 9.97 Å². The fourth-order valence-electron chi connectivity index (χ4n) is 0.701. The lowest BCUT2D eigenvalue weighted by Crippen LogP contribution is -1.98. The molecular weight excluding hydrogens is 214 g/mol. The lowest BCUT2D eigenvalue weighted by atomic mass is 10.2. The molecule has 0 aliphatic carbocycles. The van der Waals surface area contributed by atoms with Crippen LogP contribution in [0.3, 0.4) is 0 Å². The van der Waals surface area contributed by atoms with Crippen LogP contribution in [0.15, 0.2) is 18.6 Å². The first kappa shape index (κ1) is 13.8. The van der Waals surface area contributed by atoms with Gasteiger partial charge in [-0.15, -0.1) is 0 Å². The Hall–Kier alpha value is -2.18. The molecule has 7 heteroatoms. The van der Waals surface area contributed by atoms with Crippen molar-refractivity contribution in [3.05, 3.63) is 18.6 Å². The number of carboxylic acid groups (broad SMARTS) is 2. The number of nitrogens with zero attached hydrogens (tertiary/aromatic N) is 2. The lowest BCUT2D eigenvalue weighted by molar-refractivity contribution is -0.138. The zero-order chi connectivity index (χ0) is 12.4. The highest BCUT2D eigenvalue weighted by molar-refractivity contribution is 5.69. The molecule has 0 bridgehead atoms. The van der Waals surface area contributed by atoms with E-state index in [2.05, 4.69) is 9.97 Å². The van der Waals surface area contributed by atoms with Gasteiger partial charge in [0.2, 0.25) is 0 Å². The van der Waals surface area contributed by atoms with Gasteiger partial charge in [0.25, 0.3) is 0 Å². The highest BCUT2D eigenvalue weighted by atomic mass is 16.4. The molecule has 0 atom stereocenters. The van der Waals surface area contributed by atoms with Crippen molar-refractivity contribution in [3.63, 3.8) is 0 Å². The predicted molar refractivity (Wildman–Crippen MR) is 55.6 cm³/mol. The van der Waals surface area contributed by atoms with E-state index in [4.69, 9.17) is 15.9 Å². The number of aliphatic carboxylic acids is 2. The summed E-state index contributed by atoms with van der Waals surface area (Å²) < 4.78 is 0. The SMILES string of the molecule is Nc1cnccn1.O=C(O)CCCC(=O)O. The van der Waals surface area contributed by atoms with E-state index >= 15 is 0 Å². The molecule has 0 aromatic carbocycles. The van der Waals surface area contributed by atoms with E-state index in [0.717, 1.165) is 0 Å². The Balaban J connectivity index is 0.000000288. The normalized spacial score (nSPS) is 8.75. The summed E-state index contributed by atoms with van der Waals surface area (Å²) in [7, 11) is 0. The molecule has 16 heavy (non-hydrogen) atoms. The van der Waals surface area contributed by atoms with Crippen molar-refractivity contribution >= 4 is 17.8 Å². The molecule has 7 nitrogen and oxygen atoms in total. The van der Waals surface area contributed by atoms with E-state index in [1.807, 2.05) is 0 Å². The standard InChI is InChI=1S/C5H8O4.C4H5N3/c6-4(7)2-1-3-5(8)9;5-4-3-6-1-2-7-4/h1-3H2,(H,6,7)(H,8,9);1-3H,(H2,5,7). The first-order chi connectivity index (χ1) is 7.52. The minimum Gasteiger partial charge on any atom is -0.481 e. The van der Waals surface area contributed by atoms with Crippen LogP contribution in [0.1, 0.15) is 19.3 Å². The maximum absolute atomic E-state index is 9.79. The maximum atomic E-state index is 9.79. The van der Waals surface area contributed by atoms with Gasteiger partial charge in [-0.2, -0.15) is 0 Å². The van der Waals surface area contributed by atoms with E-state index < -0.39 is 11.9 Å². The number of anilines is 1. The van der Waals surface area contributed by atoms with Crippen LogP contribution in [0.25, 0.3) is 0 Å². The smallest absolute Gasteiger partial charge is 0.303 e. The van der Waals surface area contributed by atoms with Gasteiger partial charge in [0.1, 0.15) is 5.82 Å². The molecule has 0 saturated heterocycles. The molecule has 1 heterocycles. The molecule has 0 amide bonds. The van der Waals surface area contributed by atoms with E-state index in [1.54, 1.807) is 12.4 Å². The minimum absolute atomic E-state index is 0.0632. The molecule has 0 fully saturated rings. The number of aromatic nitrogens is 2. The number of hydrogen-bond acceptors (Lipinski definition) is 5. The second-order valence-electron chi connectivity index (χ2n) is 2.77. The van der Waals surface area contributed by atoms with Crippen molar-refractivity contribution < 1.29 is 19.8 Å². The van der Waals surface area contributed by atoms with Crippen molar-refractivity contribution in [3.8, 4) is 0 Å². The van der Waals surface area contributed by atoms with Gasteiger partial charge in [0.05, 0.1) is 6.20 Å². The van der Waals surface area contributed by atoms with Crippen molar-refractivity contribution in [2.24, 2.45) is 0 Å². The summed E-state index contributed by atoms with van der Waals surface area (Å²) in [6.07, 6.45) is 4.72. The molecule has 4 N–H and O–H groups in total. The van der Waals surface area contributed by atoms with Crippen LogP contribution in [0.5, 0.6) is 0 Å². The van der Waals surface area contributed by atoms with Crippen LogP contribution < -0.4 is 5.73 Å². The third kappa shape index (κ3) is 9.90. The van der Waals surface area contributed by atoms with Gasteiger partial charge in [0.15, 0.2) is 0 Å². The molecule has 88 valence electrons. The maximum Gasteiger partial charge on any atom is 0.303 e. The Morgan fingerprint density at radius 1 is 1.19 bits per heavy atom. The molecule has 0 aliphatic rings. The molecule has 0 unspecified atom stereocenters. The number of nitrogen functional groups attached to an aromatic ring is 1. The van der Waals surface area contributed by atoms with E-state index in [0.29, 0.717) is 5.82 Å². The summed E-state index contributed by atoms with van der Waals surface area (Å²) in [6.45, 7) is 0. The monoisotopic (exact) mass is 227 g/mol. The van der Waals surface area contributed by atoms with Gasteiger partial charge in [-0.05, 0) is 6.42 Å². The second-order valence-corrected chi connectivity index (χ2v) is 2.77. The van der Waals surface area contributed by atoms with Gasteiger partial charge < -0.3 is 15.9 Å². The highest BCUT2D eigenvalue weighted by Crippen LogP contribution is 1.93. The molecule has 0 aliphatic heterocycles. The summed E-state index contributed by atoms with van der Waals surface area (Å²) in [6, 6.07) is 0. The average Bonchev–Trinajstić information content (AvgIpc) is 2.18. The van der Waals surface area contributed by atoms with Crippen LogP contribution in [-0.2, 0) is 9.59 Å². The first-order valence-electron chi connectivity index (χ1n) is 4.47. The Bertz CT molecular complexity index is 315. The van der Waals surface area contributed by atoms with Gasteiger partial charge in [-0.3, -0.25) is 14.6 Å². The number of carboxylic acids is 2. The van der Waals surface area contributed by atoms with Crippen molar-refractivity contribution in [2.45, 2.75) is 19.3 Å². The Kier molecular flexibility index (Phi) is 7.04. The minimum atomic E-state index is -0.948. The third-order valence-corrected chi connectivity index (χ3v) is 1.36. The fraction of sp³-hybridized carbons (Fsp3) is 0.333. The molecule has 1 rings (SSSR count). The molecule has 0 spiro atoms. The van der Waals surface area contributed by atoms with E-state index in [1.165, 1.54) is 6.20 Å². The van der Waals surface area contributed by atoms with Gasteiger partial charge >= 0.3 is 11.9 Å². The van der Waals surface area contributed by atoms with Gasteiger partial charge in [-0.25, -0.2) is 4.98 Å². The lowest BCUT2D eigenvalue weighted by Gasteiger charge is -1.89. The third-order valence-electron chi connectivity index (χ3n) is 1.36. The summed E-state index contributed by atoms with van der Waals surface area (Å²) >= 11 is 0. The summed E-state index contributed by atoms with van der Waals surface area (Å²) in [5.41, 5.74) is 5.18. The van der Waals surface area contributed by atoms with Gasteiger partial charge in [-0.1, -0.05) is 0 Å². The quantitative estimate of drug-likeness (QED) is 0.678. The van der Waals surface area contributed by atoms with Gasteiger partial charge in [0, 0.05) is 25.2 Å². The molecule has 0 radical (unpaired) electrons. The van der Waals surface area contributed by atoms with Crippen LogP contribution >= 0.6 is 0 Å². The number of carbonyl (C=O) groups is 2. The van der Waals surface area contributed by atoms with Crippen LogP contribution in [-0.4, -0.2) is 32.1 Å². The summed E-state index contributed by atoms with van der Waals surface area (Å²) in [5.74, 6) is -1.44. The van der Waals surface area contributed by atoms with Crippen molar-refractivity contribution in [2.75, 3.05) is 5.73 Å². The second kappa shape index (κ2) is 8.16. The summed E-state index contributed by atoms with van der Waals surface area (Å²) in [4.78, 5) is 27.0. The highest BCUT2D eigenvalue weighted by Gasteiger charge is 1.99. The fourth-order valence-corrected chi connectivity index (χ4v) is 0.701. The topological polar surface area (TPSA) is 126 Å². The number of rotatable bonds is 4. The Morgan fingerprint density at radius 3 is 2.00 bits per heavy atom. The van der Waals surface area contributed by atoms with Crippen LogP contribution in [0.2, 0.25) is 0 Å². The predicted octanol–water partition coefficient (Wildman–Crippen LogP) is 0.385. The van der Waals surface area contributed by atoms with E-state index in [-0.39, 0.29) is 19.3 Å². The molecule has 1 aromatic heterocycles. The Labute approximate surface area is 92.0 Å². The molecule has 1 aromatic rings. The first-order valence-corrected chi connectivity index (χ1v) is 4.47. The molecular formula is C9H13N3O4. The largest absolute Gasteiger partial charge is 0.481 e. The van der Waals surface area contributed by atoms with Crippen molar-refractivity contribution in [1.29, 1.82) is 0 Å². The number of nitrogens with two attached hydrogens (primary N) is 1. The zero-order valence-corrected chi connectivity index (χ0v) is 8.54. The average molecular weight is 227 g/mol. The van der Waals surface area contributed by atoms with E-state index in [9.17, 15) is 9.59 Å². The molecule has 0 saturated carbocycles. The summed E-state index contributed by atoms with van der Waals surface area (Å²) in [5, 5.41) is 16.1. The van der Waals surface area contributed by atoms with Crippen LogP contribution in [0, 0.1) is 0 Å². The number of hydrogen-bond donors (Lipinski definition) is 3.